The summed E-state index contributed by atoms with van der Waals surface area (Å²) in [6.45, 7) is 7.91. The van der Waals surface area contributed by atoms with E-state index in [0.29, 0.717) is 54.9 Å². The summed E-state index contributed by atoms with van der Waals surface area (Å²) in [5, 5.41) is 21.5. The van der Waals surface area contributed by atoms with Gasteiger partial charge < -0.3 is 30.2 Å². The van der Waals surface area contributed by atoms with E-state index in [-0.39, 0.29) is 43.3 Å². The lowest BCUT2D eigenvalue weighted by molar-refractivity contribution is -0.118. The Bertz CT molecular complexity index is 3090. The number of sulfonamides is 2. The number of amides is 2. The minimum absolute atomic E-state index is 0.0694. The zero-order valence-electron chi connectivity index (χ0n) is 36.1. The minimum atomic E-state index is -3.87. The van der Waals surface area contributed by atoms with Crippen molar-refractivity contribution in [2.24, 2.45) is 5.14 Å². The summed E-state index contributed by atoms with van der Waals surface area (Å²) in [4.78, 5) is 50.2. The van der Waals surface area contributed by atoms with Gasteiger partial charge in [-0.1, -0.05) is 23.2 Å². The van der Waals surface area contributed by atoms with Crippen molar-refractivity contribution in [2.45, 2.75) is 31.7 Å². The zero-order chi connectivity index (χ0) is 47.9. The average molecular weight is 975 g/mol. The van der Waals surface area contributed by atoms with Gasteiger partial charge in [0, 0.05) is 76.3 Å². The summed E-state index contributed by atoms with van der Waals surface area (Å²) in [6, 6.07) is 25.7. The van der Waals surface area contributed by atoms with Gasteiger partial charge in [-0.2, -0.15) is 5.26 Å². The maximum atomic E-state index is 13.1. The molecular formula is C45H45Cl2N9O8S2. The highest BCUT2D eigenvalue weighted by Gasteiger charge is 2.26. The van der Waals surface area contributed by atoms with Gasteiger partial charge in [-0.15, -0.1) is 0 Å². The number of nitrogens with zero attached hydrogens (tertiary/aromatic N) is 4. The summed E-state index contributed by atoms with van der Waals surface area (Å²) >= 11 is 12.1. The summed E-state index contributed by atoms with van der Waals surface area (Å²) in [6.07, 6.45) is 2.89. The standard InChI is InChI=1S/C23H17Cl2N3O5S.C22H28N6O3S/c1-13-6-18(34(27,31)32)3-4-20(13)28-22(29)12-33-21-5-2-16(24)10-19(21)23(30)15-7-14(11-26)8-17(25)9-15;1-15(2)24-19-5-4-8-23-21(19)27-9-11-28(12-10-27)22(29)20-14-16-13-17(26-32(3,30)31)6-7-18(16)25-20/h2-10H,12H2,1H3,(H,28,29)(H2,27,31,32);4-8,13-15,24-26H,9-12H2,1-3H3. The first-order valence-corrected chi connectivity index (χ1v) is 24.3. The molecule has 2 aromatic heterocycles. The number of hydrogen-bond donors (Lipinski definition) is 5. The first kappa shape index (κ1) is 48.8. The Morgan fingerprint density at radius 1 is 0.909 bits per heavy atom. The van der Waals surface area contributed by atoms with Crippen LogP contribution in [-0.4, -0.2) is 94.4 Å². The van der Waals surface area contributed by atoms with Crippen LogP contribution >= 0.6 is 23.2 Å². The molecule has 0 aliphatic carbocycles. The lowest BCUT2D eigenvalue weighted by Gasteiger charge is -2.36. The monoisotopic (exact) mass is 973 g/mol. The summed E-state index contributed by atoms with van der Waals surface area (Å²) < 4.78 is 53.9. The van der Waals surface area contributed by atoms with Crippen LogP contribution in [-0.2, 0) is 24.8 Å². The number of benzene rings is 4. The van der Waals surface area contributed by atoms with Crippen molar-refractivity contribution >= 4 is 94.6 Å². The number of aromatic amines is 1. The quantitative estimate of drug-likeness (QED) is 0.0751. The second-order valence-corrected chi connectivity index (χ2v) is 19.7. The summed E-state index contributed by atoms with van der Waals surface area (Å²) in [5.74, 6) is -0.102. The lowest BCUT2D eigenvalue weighted by Crippen LogP contribution is -2.49. The number of piperazine rings is 1. The van der Waals surface area contributed by atoms with Gasteiger partial charge in [0.2, 0.25) is 20.0 Å². The second-order valence-electron chi connectivity index (χ2n) is 15.5. The van der Waals surface area contributed by atoms with Crippen LogP contribution in [0.1, 0.15) is 51.4 Å². The number of pyridine rings is 1. The third kappa shape index (κ3) is 12.8. The molecule has 0 unspecified atom stereocenters. The number of hydrogen-bond acceptors (Lipinski definition) is 12. The molecule has 0 radical (unpaired) electrons. The smallest absolute Gasteiger partial charge is 0.270 e. The molecule has 1 saturated heterocycles. The molecule has 3 heterocycles. The number of nitrogens with two attached hydrogens (primary N) is 1. The van der Waals surface area contributed by atoms with Crippen molar-refractivity contribution in [3.63, 3.8) is 0 Å². The topological polar surface area (TPSA) is 250 Å². The van der Waals surface area contributed by atoms with Gasteiger partial charge in [0.25, 0.3) is 11.8 Å². The molecule has 0 atom stereocenters. The number of ketones is 1. The van der Waals surface area contributed by atoms with Gasteiger partial charge in [0.1, 0.15) is 11.4 Å². The van der Waals surface area contributed by atoms with Crippen LogP contribution in [0.4, 0.5) is 22.9 Å². The largest absolute Gasteiger partial charge is 0.483 e. The number of nitrogens with one attached hydrogen (secondary N) is 4. The second kappa shape index (κ2) is 20.6. The van der Waals surface area contributed by atoms with Gasteiger partial charge in [0.15, 0.2) is 18.2 Å². The van der Waals surface area contributed by atoms with Crippen molar-refractivity contribution in [3.8, 4) is 11.8 Å². The molecule has 66 heavy (non-hydrogen) atoms. The van der Waals surface area contributed by atoms with Gasteiger partial charge in [-0.25, -0.2) is 27.0 Å². The molecule has 4 aromatic carbocycles. The fourth-order valence-corrected chi connectivity index (χ4v) is 8.48. The number of carbonyl (C=O) groups is 3. The van der Waals surface area contributed by atoms with Crippen molar-refractivity contribution < 1.29 is 36.0 Å². The highest BCUT2D eigenvalue weighted by atomic mass is 35.5. The van der Waals surface area contributed by atoms with E-state index in [9.17, 15) is 31.2 Å². The fraction of sp³-hybridized carbons (Fsp3) is 0.222. The lowest BCUT2D eigenvalue weighted by atomic mass is 10.0. The number of fused-ring (bicyclic) bond motifs is 1. The number of ether oxygens (including phenoxy) is 1. The van der Waals surface area contributed by atoms with Crippen molar-refractivity contribution in [1.29, 1.82) is 5.26 Å². The van der Waals surface area contributed by atoms with Gasteiger partial charge in [-0.3, -0.25) is 19.1 Å². The molecule has 2 amide bonds. The van der Waals surface area contributed by atoms with E-state index in [2.05, 4.69) is 44.1 Å². The molecule has 1 aliphatic heterocycles. The van der Waals surface area contributed by atoms with E-state index >= 15 is 0 Å². The highest BCUT2D eigenvalue weighted by Crippen LogP contribution is 2.29. The normalized spacial score (nSPS) is 12.8. The number of primary sulfonamides is 1. The molecule has 7 rings (SSSR count). The van der Waals surface area contributed by atoms with Crippen LogP contribution in [0.3, 0.4) is 0 Å². The van der Waals surface area contributed by atoms with Crippen LogP contribution in [0.15, 0.2) is 102 Å². The van der Waals surface area contributed by atoms with E-state index in [4.69, 9.17) is 38.3 Å². The summed E-state index contributed by atoms with van der Waals surface area (Å²) in [5.41, 5.74) is 4.04. The van der Waals surface area contributed by atoms with Crippen molar-refractivity contribution in [1.82, 2.24) is 14.9 Å². The maximum Gasteiger partial charge on any atom is 0.270 e. The van der Waals surface area contributed by atoms with E-state index in [1.54, 1.807) is 37.4 Å². The Kier molecular flexibility index (Phi) is 15.3. The molecule has 21 heteroatoms. The number of H-pyrrole nitrogens is 1. The fourth-order valence-electron chi connectivity index (χ4n) is 6.92. The van der Waals surface area contributed by atoms with Gasteiger partial charge in [0.05, 0.1) is 34.0 Å². The van der Waals surface area contributed by atoms with Crippen LogP contribution < -0.4 is 30.1 Å². The SMILES string of the molecule is CC(C)Nc1cccnc1N1CCN(C(=O)c2cc3cc(NS(C)(=O)=O)ccc3[nH]2)CC1.Cc1cc(S(N)(=O)=O)ccc1NC(=O)COc1ccc(Cl)cc1C(=O)c1cc(Cl)cc(C#N)c1. The molecule has 1 aliphatic rings. The van der Waals surface area contributed by atoms with Crippen molar-refractivity contribution in [3.05, 3.63) is 135 Å². The van der Waals surface area contributed by atoms with E-state index in [0.717, 1.165) is 28.7 Å². The number of rotatable bonds is 13. The molecule has 0 saturated carbocycles. The third-order valence-corrected chi connectivity index (χ3v) is 11.9. The minimum Gasteiger partial charge on any atom is -0.483 e. The number of aryl methyl sites for hydroxylation is 1. The average Bonchev–Trinajstić information content (AvgIpc) is 3.69. The van der Waals surface area contributed by atoms with Crippen LogP contribution in [0.25, 0.3) is 10.9 Å². The Balaban J connectivity index is 0.000000219. The Morgan fingerprint density at radius 2 is 1.65 bits per heavy atom. The zero-order valence-corrected chi connectivity index (χ0v) is 39.2. The summed E-state index contributed by atoms with van der Waals surface area (Å²) in [7, 11) is -7.23. The van der Waals surface area contributed by atoms with Gasteiger partial charge in [-0.05, 0) is 117 Å². The number of anilines is 4. The highest BCUT2D eigenvalue weighted by molar-refractivity contribution is 7.92. The molecule has 17 nitrogen and oxygen atoms in total. The molecule has 0 spiro atoms. The predicted molar refractivity (Wildman–Crippen MR) is 256 cm³/mol. The number of nitriles is 1. The van der Waals surface area contributed by atoms with Crippen LogP contribution in [0.2, 0.25) is 10.0 Å². The maximum absolute atomic E-state index is 13.1. The molecule has 344 valence electrons. The number of halogens is 2. The first-order chi connectivity index (χ1) is 31.2. The predicted octanol–water partition coefficient (Wildman–Crippen LogP) is 6.79. The molecule has 0 bridgehead atoms. The Hall–Kier alpha value is -6.69. The van der Waals surface area contributed by atoms with Gasteiger partial charge >= 0.3 is 0 Å². The Labute approximate surface area is 392 Å². The molecule has 1 fully saturated rings. The first-order valence-electron chi connectivity index (χ1n) is 20.1. The third-order valence-electron chi connectivity index (χ3n) is 9.89. The van der Waals surface area contributed by atoms with E-state index in [1.165, 1.54) is 54.6 Å². The Morgan fingerprint density at radius 3 is 2.32 bits per heavy atom. The van der Waals surface area contributed by atoms with Crippen LogP contribution in [0.5, 0.6) is 5.75 Å². The van der Waals surface area contributed by atoms with Crippen molar-refractivity contribution in [2.75, 3.05) is 59.3 Å². The van der Waals surface area contributed by atoms with E-state index in [1.807, 2.05) is 23.1 Å². The number of carbonyl (C=O) groups excluding carboxylic acids is 3. The molecule has 6 aromatic rings. The number of aromatic nitrogens is 2. The van der Waals surface area contributed by atoms with E-state index < -0.39 is 38.3 Å². The van der Waals surface area contributed by atoms with Crippen LogP contribution in [0, 0.1) is 18.3 Å². The molecule has 6 N–H and O–H groups in total. The molecular weight excluding hydrogens is 930 g/mol.